The van der Waals surface area contributed by atoms with Gasteiger partial charge in [0, 0.05) is 11.8 Å². The second kappa shape index (κ2) is 6.63. The molecule has 0 aliphatic rings. The molecule has 0 spiro atoms. The number of nitrogens with zero attached hydrogens (tertiary/aromatic N) is 1. The third-order valence-corrected chi connectivity index (χ3v) is 3.23. The highest BCUT2D eigenvalue weighted by atomic mass is 16.5. The third kappa shape index (κ3) is 3.30. The molecule has 0 amide bonds. The van der Waals surface area contributed by atoms with Crippen molar-refractivity contribution in [1.82, 2.24) is 0 Å². The molecule has 1 N–H and O–H groups in total. The van der Waals surface area contributed by atoms with Crippen LogP contribution in [0.5, 0.6) is 5.75 Å². The van der Waals surface area contributed by atoms with Crippen LogP contribution in [-0.2, 0) is 6.42 Å². The summed E-state index contributed by atoms with van der Waals surface area (Å²) in [6.07, 6.45) is 1.00. The zero-order chi connectivity index (χ0) is 14.4. The van der Waals surface area contributed by atoms with Crippen molar-refractivity contribution in [3.8, 4) is 11.8 Å². The van der Waals surface area contributed by atoms with Crippen molar-refractivity contribution in [2.45, 2.75) is 19.4 Å². The van der Waals surface area contributed by atoms with Gasteiger partial charge in [-0.2, -0.15) is 5.26 Å². The number of hydrogen-bond acceptors (Lipinski definition) is 3. The van der Waals surface area contributed by atoms with Crippen LogP contribution in [0, 0.1) is 11.3 Å². The number of nitriles is 1. The molecule has 2 aromatic rings. The van der Waals surface area contributed by atoms with Crippen molar-refractivity contribution in [3.05, 3.63) is 59.7 Å². The fourth-order valence-corrected chi connectivity index (χ4v) is 2.02. The van der Waals surface area contributed by atoms with E-state index in [1.54, 1.807) is 7.11 Å². The van der Waals surface area contributed by atoms with Crippen molar-refractivity contribution in [1.29, 1.82) is 5.26 Å². The zero-order valence-corrected chi connectivity index (χ0v) is 11.8. The molecule has 0 saturated heterocycles. The van der Waals surface area contributed by atoms with E-state index in [1.807, 2.05) is 36.4 Å². The van der Waals surface area contributed by atoms with Crippen LogP contribution < -0.4 is 10.1 Å². The summed E-state index contributed by atoms with van der Waals surface area (Å²) < 4.78 is 5.18. The number of nitrogens with one attached hydrogen (secondary N) is 1. The molecule has 0 aromatic heterocycles. The minimum Gasteiger partial charge on any atom is -0.497 e. The van der Waals surface area contributed by atoms with Crippen molar-refractivity contribution in [2.75, 3.05) is 12.4 Å². The molecular weight excluding hydrogens is 248 g/mol. The fraction of sp³-hybridized carbons (Fsp3) is 0.235. The highest BCUT2D eigenvalue weighted by molar-refractivity contribution is 5.51. The Labute approximate surface area is 119 Å². The number of aryl methyl sites for hydroxylation is 1. The highest BCUT2D eigenvalue weighted by Crippen LogP contribution is 2.23. The van der Waals surface area contributed by atoms with E-state index in [-0.39, 0.29) is 6.04 Å². The molecule has 1 atom stereocenters. The smallest absolute Gasteiger partial charge is 0.140 e. The molecular formula is C17H18N2O. The van der Waals surface area contributed by atoms with Crippen LogP contribution in [0.2, 0.25) is 0 Å². The maximum Gasteiger partial charge on any atom is 0.140 e. The Bertz CT molecular complexity index is 599. The Hall–Kier alpha value is -2.47. The quantitative estimate of drug-likeness (QED) is 0.891. The van der Waals surface area contributed by atoms with E-state index < -0.39 is 0 Å². The number of methoxy groups -OCH3 is 1. The van der Waals surface area contributed by atoms with Crippen molar-refractivity contribution in [3.63, 3.8) is 0 Å². The number of ether oxygens (including phenoxy) is 1. The maximum atomic E-state index is 9.35. The first kappa shape index (κ1) is 14.0. The van der Waals surface area contributed by atoms with Gasteiger partial charge in [0.1, 0.15) is 11.8 Å². The molecule has 0 radical (unpaired) electrons. The molecule has 0 aliphatic heterocycles. The van der Waals surface area contributed by atoms with Gasteiger partial charge in [0.2, 0.25) is 0 Å². The van der Waals surface area contributed by atoms with E-state index in [0.29, 0.717) is 0 Å². The van der Waals surface area contributed by atoms with Gasteiger partial charge in [-0.25, -0.2) is 0 Å². The van der Waals surface area contributed by atoms with Gasteiger partial charge in [0.05, 0.1) is 13.2 Å². The molecule has 3 heteroatoms. The van der Waals surface area contributed by atoms with Gasteiger partial charge in [-0.1, -0.05) is 37.3 Å². The largest absolute Gasteiger partial charge is 0.497 e. The van der Waals surface area contributed by atoms with E-state index in [9.17, 15) is 5.26 Å². The van der Waals surface area contributed by atoms with Crippen LogP contribution in [0.3, 0.4) is 0 Å². The summed E-state index contributed by atoms with van der Waals surface area (Å²) in [6, 6.07) is 17.6. The Morgan fingerprint density at radius 1 is 1.20 bits per heavy atom. The Morgan fingerprint density at radius 3 is 2.55 bits per heavy atom. The summed E-state index contributed by atoms with van der Waals surface area (Å²) in [5.74, 6) is 0.771. The van der Waals surface area contributed by atoms with E-state index >= 15 is 0 Å². The summed E-state index contributed by atoms with van der Waals surface area (Å²) in [6.45, 7) is 2.12. The van der Waals surface area contributed by atoms with Gasteiger partial charge < -0.3 is 10.1 Å². The topological polar surface area (TPSA) is 45.0 Å². The highest BCUT2D eigenvalue weighted by Gasteiger charge is 2.10. The van der Waals surface area contributed by atoms with E-state index in [2.05, 4.69) is 30.4 Å². The van der Waals surface area contributed by atoms with Crippen molar-refractivity contribution < 1.29 is 4.74 Å². The summed E-state index contributed by atoms with van der Waals surface area (Å²) in [5.41, 5.74) is 3.11. The number of anilines is 1. The number of hydrogen-bond donors (Lipinski definition) is 1. The predicted octanol–water partition coefficient (Wildman–Crippen LogP) is 3.93. The third-order valence-electron chi connectivity index (χ3n) is 3.23. The standard InChI is InChI=1S/C17H18N2O/c1-3-13-7-9-14(10-8-13)17(12-18)19-15-5-4-6-16(11-15)20-2/h4-11,17,19H,3H2,1-2H3. The average Bonchev–Trinajstić information content (AvgIpc) is 2.53. The summed E-state index contributed by atoms with van der Waals surface area (Å²) >= 11 is 0. The van der Waals surface area contributed by atoms with Gasteiger partial charge in [0.15, 0.2) is 0 Å². The average molecular weight is 266 g/mol. The summed E-state index contributed by atoms with van der Waals surface area (Å²) in [4.78, 5) is 0. The van der Waals surface area contributed by atoms with Crippen molar-refractivity contribution in [2.24, 2.45) is 0 Å². The monoisotopic (exact) mass is 266 g/mol. The van der Waals surface area contributed by atoms with Gasteiger partial charge >= 0.3 is 0 Å². The van der Waals surface area contributed by atoms with Crippen LogP contribution in [0.25, 0.3) is 0 Å². The Balaban J connectivity index is 2.17. The normalized spacial score (nSPS) is 11.4. The minimum absolute atomic E-state index is 0.368. The van der Waals surface area contributed by atoms with Gasteiger partial charge in [-0.15, -0.1) is 0 Å². The Morgan fingerprint density at radius 2 is 1.95 bits per heavy atom. The number of benzene rings is 2. The zero-order valence-electron chi connectivity index (χ0n) is 11.8. The lowest BCUT2D eigenvalue weighted by molar-refractivity contribution is 0.415. The second-order valence-electron chi connectivity index (χ2n) is 4.53. The maximum absolute atomic E-state index is 9.35. The molecule has 102 valence electrons. The molecule has 0 bridgehead atoms. The second-order valence-corrected chi connectivity index (χ2v) is 4.53. The number of rotatable bonds is 5. The van der Waals surface area contributed by atoms with Gasteiger partial charge in [-0.05, 0) is 29.7 Å². The van der Waals surface area contributed by atoms with Crippen LogP contribution >= 0.6 is 0 Å². The van der Waals surface area contributed by atoms with Crippen LogP contribution in [0.1, 0.15) is 24.1 Å². The van der Waals surface area contributed by atoms with E-state index in [0.717, 1.165) is 23.4 Å². The lowest BCUT2D eigenvalue weighted by Gasteiger charge is -2.14. The molecule has 0 aliphatic carbocycles. The first-order valence-electron chi connectivity index (χ1n) is 6.66. The molecule has 20 heavy (non-hydrogen) atoms. The molecule has 3 nitrogen and oxygen atoms in total. The lowest BCUT2D eigenvalue weighted by Crippen LogP contribution is -2.08. The van der Waals surface area contributed by atoms with E-state index in [4.69, 9.17) is 4.74 Å². The van der Waals surface area contributed by atoms with Gasteiger partial charge in [0.25, 0.3) is 0 Å². The van der Waals surface area contributed by atoms with Crippen LogP contribution in [0.4, 0.5) is 5.69 Å². The molecule has 1 unspecified atom stereocenters. The van der Waals surface area contributed by atoms with Crippen LogP contribution in [-0.4, -0.2) is 7.11 Å². The lowest BCUT2D eigenvalue weighted by atomic mass is 10.0. The molecule has 0 saturated carbocycles. The molecule has 0 heterocycles. The van der Waals surface area contributed by atoms with Crippen molar-refractivity contribution >= 4 is 5.69 Å². The van der Waals surface area contributed by atoms with Crippen LogP contribution in [0.15, 0.2) is 48.5 Å². The molecule has 2 aromatic carbocycles. The molecule has 0 fully saturated rings. The van der Waals surface area contributed by atoms with E-state index in [1.165, 1.54) is 5.56 Å². The van der Waals surface area contributed by atoms with Gasteiger partial charge in [-0.3, -0.25) is 0 Å². The SMILES string of the molecule is CCc1ccc(C(C#N)Nc2cccc(OC)c2)cc1. The first-order chi connectivity index (χ1) is 9.76. The predicted molar refractivity (Wildman–Crippen MR) is 80.8 cm³/mol. The summed E-state index contributed by atoms with van der Waals surface area (Å²) in [5, 5.41) is 12.6. The first-order valence-corrected chi connectivity index (χ1v) is 6.66. The fourth-order valence-electron chi connectivity index (χ4n) is 2.02. The summed E-state index contributed by atoms with van der Waals surface area (Å²) in [7, 11) is 1.63. The Kier molecular flexibility index (Phi) is 4.62. The molecule has 2 rings (SSSR count). The minimum atomic E-state index is -0.368.